The highest BCUT2D eigenvalue weighted by molar-refractivity contribution is 4.88. The first-order valence-corrected chi connectivity index (χ1v) is 7.50. The Morgan fingerprint density at radius 1 is 0.824 bits per heavy atom. The summed E-state index contributed by atoms with van der Waals surface area (Å²) in [7, 11) is 0. The monoisotopic (exact) mass is 239 g/mol. The van der Waals surface area contributed by atoms with Crippen LogP contribution in [0, 0.1) is 0 Å². The van der Waals surface area contributed by atoms with Gasteiger partial charge >= 0.3 is 0 Å². The Balaban J connectivity index is 1.74. The van der Waals surface area contributed by atoms with E-state index < -0.39 is 0 Å². The molecule has 2 saturated heterocycles. The van der Waals surface area contributed by atoms with Gasteiger partial charge < -0.3 is 16.0 Å². The van der Waals surface area contributed by atoms with Crippen LogP contribution in [0.5, 0.6) is 0 Å². The molecule has 2 aliphatic rings. The third kappa shape index (κ3) is 3.94. The predicted molar refractivity (Wildman–Crippen MR) is 73.3 cm³/mol. The van der Waals surface area contributed by atoms with Gasteiger partial charge in [-0.3, -0.25) is 0 Å². The summed E-state index contributed by atoms with van der Waals surface area (Å²) in [6, 6.07) is 2.53. The molecule has 0 aromatic heterocycles. The summed E-state index contributed by atoms with van der Waals surface area (Å²) in [5.74, 6) is 0. The molecular formula is C14H29N3. The summed E-state index contributed by atoms with van der Waals surface area (Å²) < 4.78 is 0. The van der Waals surface area contributed by atoms with Crippen LogP contribution in [0.3, 0.4) is 0 Å². The van der Waals surface area contributed by atoms with E-state index >= 15 is 0 Å². The van der Waals surface area contributed by atoms with Gasteiger partial charge in [0.05, 0.1) is 0 Å². The van der Waals surface area contributed by atoms with E-state index in [-0.39, 0.29) is 0 Å². The van der Waals surface area contributed by atoms with Crippen molar-refractivity contribution in [3.05, 3.63) is 0 Å². The van der Waals surface area contributed by atoms with E-state index in [0.717, 1.165) is 0 Å². The zero-order chi connectivity index (χ0) is 12.1. The molecular weight excluding hydrogens is 210 g/mol. The topological polar surface area (TPSA) is 36.1 Å². The Kier molecular flexibility index (Phi) is 5.26. The fraction of sp³-hybridized carbons (Fsp3) is 1.00. The van der Waals surface area contributed by atoms with Gasteiger partial charge in [-0.15, -0.1) is 0 Å². The van der Waals surface area contributed by atoms with Crippen molar-refractivity contribution in [1.82, 2.24) is 16.0 Å². The number of piperidine rings is 2. The maximum atomic E-state index is 3.79. The van der Waals surface area contributed by atoms with E-state index in [1.54, 1.807) is 0 Å². The lowest BCUT2D eigenvalue weighted by Crippen LogP contribution is -2.56. The van der Waals surface area contributed by atoms with Crippen LogP contribution in [0.15, 0.2) is 0 Å². The Morgan fingerprint density at radius 3 is 1.65 bits per heavy atom. The number of hydrogen-bond acceptors (Lipinski definition) is 3. The van der Waals surface area contributed by atoms with Crippen LogP contribution in [-0.2, 0) is 0 Å². The third-order valence-electron chi connectivity index (χ3n) is 4.43. The highest BCUT2D eigenvalue weighted by Crippen LogP contribution is 2.14. The highest BCUT2D eigenvalue weighted by atomic mass is 15.1. The van der Waals surface area contributed by atoms with Crippen molar-refractivity contribution in [3.63, 3.8) is 0 Å². The van der Waals surface area contributed by atoms with E-state index in [9.17, 15) is 0 Å². The summed E-state index contributed by atoms with van der Waals surface area (Å²) in [6.07, 6.45) is 8.14. The first-order chi connectivity index (χ1) is 8.27. The van der Waals surface area contributed by atoms with Crippen LogP contribution in [-0.4, -0.2) is 37.3 Å². The molecule has 0 aromatic carbocycles. The van der Waals surface area contributed by atoms with Crippen molar-refractivity contribution in [3.8, 4) is 0 Å². The van der Waals surface area contributed by atoms with Crippen molar-refractivity contribution < 1.29 is 0 Å². The quantitative estimate of drug-likeness (QED) is 0.698. The Labute approximate surface area is 106 Å². The van der Waals surface area contributed by atoms with Crippen LogP contribution in [0.4, 0.5) is 0 Å². The number of rotatable bonds is 4. The lowest BCUT2D eigenvalue weighted by Gasteiger charge is -2.36. The molecule has 4 unspecified atom stereocenters. The summed E-state index contributed by atoms with van der Waals surface area (Å²) in [4.78, 5) is 0. The van der Waals surface area contributed by atoms with Gasteiger partial charge in [-0.25, -0.2) is 0 Å². The number of nitrogens with one attached hydrogen (secondary N) is 3. The molecule has 100 valence electrons. The highest BCUT2D eigenvalue weighted by Gasteiger charge is 2.24. The minimum atomic E-state index is 0.592. The van der Waals surface area contributed by atoms with Crippen LogP contribution in [0.2, 0.25) is 0 Å². The second kappa shape index (κ2) is 6.72. The van der Waals surface area contributed by atoms with Crippen LogP contribution in [0.1, 0.15) is 52.4 Å². The molecule has 2 heterocycles. The van der Waals surface area contributed by atoms with Crippen molar-refractivity contribution in [1.29, 1.82) is 0 Å². The molecule has 3 N–H and O–H groups in total. The molecule has 2 fully saturated rings. The average molecular weight is 239 g/mol. The molecule has 4 atom stereocenters. The van der Waals surface area contributed by atoms with Crippen molar-refractivity contribution in [2.24, 2.45) is 0 Å². The summed E-state index contributed by atoms with van der Waals surface area (Å²) in [5.41, 5.74) is 0. The lowest BCUT2D eigenvalue weighted by molar-refractivity contribution is 0.263. The maximum absolute atomic E-state index is 3.79. The standard InChI is InChI=1S/C14H29N3/c1-11(13-7-3-5-9-15-13)17-12(2)14-8-4-6-10-16-14/h11-17H,3-10H2,1-2H3. The van der Waals surface area contributed by atoms with E-state index in [1.165, 1.54) is 51.6 Å². The SMILES string of the molecule is CC(NC(C)C1CCCCN1)C1CCCCN1. The van der Waals surface area contributed by atoms with E-state index in [0.29, 0.717) is 24.2 Å². The minimum Gasteiger partial charge on any atom is -0.312 e. The van der Waals surface area contributed by atoms with E-state index in [4.69, 9.17) is 0 Å². The van der Waals surface area contributed by atoms with Gasteiger partial charge in [0.15, 0.2) is 0 Å². The lowest BCUT2D eigenvalue weighted by atomic mass is 9.95. The molecule has 0 amide bonds. The molecule has 2 rings (SSSR count). The molecule has 0 radical (unpaired) electrons. The first-order valence-electron chi connectivity index (χ1n) is 7.50. The van der Waals surface area contributed by atoms with Gasteiger partial charge in [-0.2, -0.15) is 0 Å². The third-order valence-corrected chi connectivity index (χ3v) is 4.43. The summed E-state index contributed by atoms with van der Waals surface area (Å²) >= 11 is 0. The smallest absolute Gasteiger partial charge is 0.0218 e. The van der Waals surface area contributed by atoms with Gasteiger partial charge in [-0.1, -0.05) is 12.8 Å². The zero-order valence-electron chi connectivity index (χ0n) is 11.5. The zero-order valence-corrected chi connectivity index (χ0v) is 11.5. The van der Waals surface area contributed by atoms with Gasteiger partial charge in [0, 0.05) is 24.2 Å². The molecule has 3 nitrogen and oxygen atoms in total. The first kappa shape index (κ1) is 13.3. The van der Waals surface area contributed by atoms with Gasteiger partial charge in [-0.05, 0) is 52.6 Å². The van der Waals surface area contributed by atoms with E-state index in [1.807, 2.05) is 0 Å². The second-order valence-corrected chi connectivity index (χ2v) is 5.86. The molecule has 0 spiro atoms. The van der Waals surface area contributed by atoms with Crippen molar-refractivity contribution >= 4 is 0 Å². The molecule has 0 aromatic rings. The molecule has 0 aliphatic carbocycles. The van der Waals surface area contributed by atoms with Crippen molar-refractivity contribution in [2.45, 2.75) is 76.5 Å². The molecule has 17 heavy (non-hydrogen) atoms. The van der Waals surface area contributed by atoms with E-state index in [2.05, 4.69) is 29.8 Å². The fourth-order valence-electron chi connectivity index (χ4n) is 3.26. The Hall–Kier alpha value is -0.120. The Morgan fingerprint density at radius 2 is 1.29 bits per heavy atom. The second-order valence-electron chi connectivity index (χ2n) is 5.86. The molecule has 0 bridgehead atoms. The predicted octanol–water partition coefficient (Wildman–Crippen LogP) is 1.64. The van der Waals surface area contributed by atoms with Crippen LogP contribution >= 0.6 is 0 Å². The summed E-state index contributed by atoms with van der Waals surface area (Å²) in [6.45, 7) is 7.07. The normalized spacial score (nSPS) is 34.2. The largest absolute Gasteiger partial charge is 0.312 e. The fourth-order valence-corrected chi connectivity index (χ4v) is 3.26. The molecule has 2 aliphatic heterocycles. The number of hydrogen-bond donors (Lipinski definition) is 3. The van der Waals surface area contributed by atoms with Gasteiger partial charge in [0.1, 0.15) is 0 Å². The van der Waals surface area contributed by atoms with Gasteiger partial charge in [0.25, 0.3) is 0 Å². The Bertz CT molecular complexity index is 186. The minimum absolute atomic E-state index is 0.592. The van der Waals surface area contributed by atoms with Crippen LogP contribution in [0.25, 0.3) is 0 Å². The molecule has 0 saturated carbocycles. The van der Waals surface area contributed by atoms with Gasteiger partial charge in [0.2, 0.25) is 0 Å². The molecule has 3 heteroatoms. The maximum Gasteiger partial charge on any atom is 0.0218 e. The summed E-state index contributed by atoms with van der Waals surface area (Å²) in [5, 5.41) is 11.1. The average Bonchev–Trinajstić information content (AvgIpc) is 2.40. The van der Waals surface area contributed by atoms with Crippen LogP contribution < -0.4 is 16.0 Å². The van der Waals surface area contributed by atoms with Crippen molar-refractivity contribution in [2.75, 3.05) is 13.1 Å².